The Morgan fingerprint density at radius 2 is 1.73 bits per heavy atom. The summed E-state index contributed by atoms with van der Waals surface area (Å²) in [5, 5.41) is 3.10. The van der Waals surface area contributed by atoms with Crippen LogP contribution in [0.5, 0.6) is 5.75 Å². The number of carbonyl (C=O) groups is 2. The van der Waals surface area contributed by atoms with Gasteiger partial charge in [0.15, 0.2) is 0 Å². The third kappa shape index (κ3) is 7.95. The van der Waals surface area contributed by atoms with Crippen LogP contribution in [-0.4, -0.2) is 57.1 Å². The van der Waals surface area contributed by atoms with Gasteiger partial charge in [-0.1, -0.05) is 54.8 Å². The first-order valence-corrected chi connectivity index (χ1v) is 14.7. The number of sulfonamides is 1. The number of amides is 2. The average molecular weight is 530 g/mol. The number of hydrogen-bond acceptors (Lipinski definition) is 5. The van der Waals surface area contributed by atoms with E-state index in [0.717, 1.165) is 43.1 Å². The normalized spacial score (nSPS) is 14.7. The number of aryl methyl sites for hydroxylation is 1. The molecule has 37 heavy (non-hydrogen) atoms. The zero-order valence-electron chi connectivity index (χ0n) is 22.3. The summed E-state index contributed by atoms with van der Waals surface area (Å²) in [5.41, 5.74) is 2.48. The summed E-state index contributed by atoms with van der Waals surface area (Å²) in [7, 11) is -2.11. The molecule has 0 heterocycles. The van der Waals surface area contributed by atoms with Crippen molar-refractivity contribution in [3.8, 4) is 5.75 Å². The van der Waals surface area contributed by atoms with Crippen LogP contribution in [0.3, 0.4) is 0 Å². The lowest BCUT2D eigenvalue weighted by Crippen LogP contribution is -2.49. The molecule has 1 N–H and O–H groups in total. The second kappa shape index (κ2) is 12.9. The predicted octanol–water partition coefficient (Wildman–Crippen LogP) is 4.03. The van der Waals surface area contributed by atoms with E-state index in [1.807, 2.05) is 31.2 Å². The molecule has 0 radical (unpaired) electrons. The lowest BCUT2D eigenvalue weighted by Gasteiger charge is -2.30. The number of hydrogen-bond donors (Lipinski definition) is 1. The van der Waals surface area contributed by atoms with Crippen molar-refractivity contribution in [3.05, 3.63) is 59.7 Å². The molecule has 2 aromatic rings. The highest BCUT2D eigenvalue weighted by Crippen LogP contribution is 2.30. The number of para-hydroxylation sites is 2. The monoisotopic (exact) mass is 529 g/mol. The minimum absolute atomic E-state index is 0.105. The number of nitrogens with one attached hydrogen (secondary N) is 1. The lowest BCUT2D eigenvalue weighted by atomic mass is 10.1. The van der Waals surface area contributed by atoms with Gasteiger partial charge >= 0.3 is 0 Å². The Kier molecular flexibility index (Phi) is 9.97. The Bertz CT molecular complexity index is 1160. The SMILES string of the molecule is COc1ccccc1N(CCCC(=O)N(Cc1ccc(C)cc1)[C@@H](C)C(=O)NC1CCCC1)S(C)(=O)=O. The fourth-order valence-electron chi connectivity index (χ4n) is 4.68. The highest BCUT2D eigenvalue weighted by molar-refractivity contribution is 7.92. The molecule has 9 heteroatoms. The highest BCUT2D eigenvalue weighted by atomic mass is 32.2. The molecule has 1 fully saturated rings. The van der Waals surface area contributed by atoms with Gasteiger partial charge in [0.05, 0.1) is 19.1 Å². The van der Waals surface area contributed by atoms with Crippen molar-refractivity contribution >= 4 is 27.5 Å². The lowest BCUT2D eigenvalue weighted by molar-refractivity contribution is -0.141. The third-order valence-corrected chi connectivity index (χ3v) is 8.03. The average Bonchev–Trinajstić information content (AvgIpc) is 3.38. The van der Waals surface area contributed by atoms with Crippen molar-refractivity contribution in [2.24, 2.45) is 0 Å². The van der Waals surface area contributed by atoms with Gasteiger partial charge in [0.2, 0.25) is 21.8 Å². The van der Waals surface area contributed by atoms with Gasteiger partial charge in [-0.25, -0.2) is 8.42 Å². The second-order valence-electron chi connectivity index (χ2n) is 9.78. The molecule has 1 saturated carbocycles. The molecule has 2 aromatic carbocycles. The van der Waals surface area contributed by atoms with E-state index in [0.29, 0.717) is 24.4 Å². The predicted molar refractivity (Wildman–Crippen MR) is 146 cm³/mol. The van der Waals surface area contributed by atoms with Crippen LogP contribution in [0.4, 0.5) is 5.69 Å². The van der Waals surface area contributed by atoms with Crippen LogP contribution >= 0.6 is 0 Å². The molecular weight excluding hydrogens is 490 g/mol. The molecule has 0 spiro atoms. The molecule has 8 nitrogen and oxygen atoms in total. The molecule has 0 saturated heterocycles. The summed E-state index contributed by atoms with van der Waals surface area (Å²) in [4.78, 5) is 28.1. The van der Waals surface area contributed by atoms with E-state index in [2.05, 4.69) is 5.32 Å². The number of anilines is 1. The van der Waals surface area contributed by atoms with Crippen molar-refractivity contribution in [2.75, 3.05) is 24.2 Å². The Balaban J connectivity index is 1.73. The molecule has 0 unspecified atom stereocenters. The maximum absolute atomic E-state index is 13.4. The smallest absolute Gasteiger partial charge is 0.242 e. The van der Waals surface area contributed by atoms with Crippen LogP contribution in [0.15, 0.2) is 48.5 Å². The largest absolute Gasteiger partial charge is 0.495 e. The van der Waals surface area contributed by atoms with Crippen LogP contribution in [0.1, 0.15) is 56.6 Å². The zero-order valence-corrected chi connectivity index (χ0v) is 23.1. The summed E-state index contributed by atoms with van der Waals surface area (Å²) in [6.45, 7) is 4.18. The number of nitrogens with zero attached hydrogens (tertiary/aromatic N) is 2. The van der Waals surface area contributed by atoms with E-state index in [4.69, 9.17) is 4.74 Å². The first-order valence-electron chi connectivity index (χ1n) is 12.9. The minimum atomic E-state index is -3.60. The van der Waals surface area contributed by atoms with Crippen LogP contribution < -0.4 is 14.4 Å². The highest BCUT2D eigenvalue weighted by Gasteiger charge is 2.29. The van der Waals surface area contributed by atoms with Crippen molar-refractivity contribution in [2.45, 2.75) is 71.0 Å². The van der Waals surface area contributed by atoms with Gasteiger partial charge in [-0.05, 0) is 50.8 Å². The molecule has 0 bridgehead atoms. The number of benzene rings is 2. The van der Waals surface area contributed by atoms with Gasteiger partial charge < -0.3 is 15.0 Å². The Hall–Kier alpha value is -3.07. The topological polar surface area (TPSA) is 96.0 Å². The molecule has 202 valence electrons. The van der Waals surface area contributed by atoms with E-state index in [9.17, 15) is 18.0 Å². The van der Waals surface area contributed by atoms with Crippen molar-refractivity contribution in [1.82, 2.24) is 10.2 Å². The van der Waals surface area contributed by atoms with Gasteiger partial charge in [-0.3, -0.25) is 13.9 Å². The van der Waals surface area contributed by atoms with Crippen molar-refractivity contribution in [1.29, 1.82) is 0 Å². The molecular formula is C28H39N3O5S. The summed E-state index contributed by atoms with van der Waals surface area (Å²) in [6.07, 6.45) is 5.69. The molecule has 0 aromatic heterocycles. The minimum Gasteiger partial charge on any atom is -0.495 e. The quantitative estimate of drug-likeness (QED) is 0.448. The first-order chi connectivity index (χ1) is 17.6. The van der Waals surface area contributed by atoms with E-state index in [-0.39, 0.29) is 30.8 Å². The fourth-order valence-corrected chi connectivity index (χ4v) is 5.65. The Morgan fingerprint density at radius 3 is 2.35 bits per heavy atom. The molecule has 2 amide bonds. The van der Waals surface area contributed by atoms with Crippen LogP contribution in [0.25, 0.3) is 0 Å². The standard InChI is InChI=1S/C28H39N3O5S/c1-21-15-17-23(18-16-21)20-30(22(2)28(33)29-24-10-5-6-11-24)27(32)14-9-19-31(37(4,34)35)25-12-7-8-13-26(25)36-3/h7-8,12-13,15-18,22,24H,5-6,9-11,14,19-20H2,1-4H3,(H,29,33)/t22-/m0/s1. The molecule has 1 aliphatic rings. The molecule has 3 rings (SSSR count). The maximum Gasteiger partial charge on any atom is 0.242 e. The van der Waals surface area contributed by atoms with Crippen molar-refractivity contribution in [3.63, 3.8) is 0 Å². The Labute approximate surface area is 221 Å². The zero-order chi connectivity index (χ0) is 27.0. The van der Waals surface area contributed by atoms with E-state index >= 15 is 0 Å². The summed E-state index contributed by atoms with van der Waals surface area (Å²) < 4.78 is 31.7. The van der Waals surface area contributed by atoms with E-state index in [1.54, 1.807) is 36.1 Å². The Morgan fingerprint density at radius 1 is 1.08 bits per heavy atom. The van der Waals surface area contributed by atoms with Gasteiger partial charge in [0.25, 0.3) is 0 Å². The summed E-state index contributed by atoms with van der Waals surface area (Å²) >= 11 is 0. The van der Waals surface area contributed by atoms with Gasteiger partial charge in [0, 0.05) is 25.6 Å². The molecule has 1 atom stereocenters. The molecule has 0 aliphatic heterocycles. The number of carbonyl (C=O) groups excluding carboxylic acids is 2. The number of rotatable bonds is 12. The fraction of sp³-hybridized carbons (Fsp3) is 0.500. The second-order valence-corrected chi connectivity index (χ2v) is 11.7. The number of ether oxygens (including phenoxy) is 1. The molecule has 1 aliphatic carbocycles. The van der Waals surface area contributed by atoms with Crippen LogP contribution in [0.2, 0.25) is 0 Å². The van der Waals surface area contributed by atoms with Crippen molar-refractivity contribution < 1.29 is 22.7 Å². The van der Waals surface area contributed by atoms with E-state index < -0.39 is 16.1 Å². The number of methoxy groups -OCH3 is 1. The maximum atomic E-state index is 13.4. The van der Waals surface area contributed by atoms with Gasteiger partial charge in [0.1, 0.15) is 11.8 Å². The summed E-state index contributed by atoms with van der Waals surface area (Å²) in [5.74, 6) is 0.0970. The van der Waals surface area contributed by atoms with Gasteiger partial charge in [-0.2, -0.15) is 0 Å². The van der Waals surface area contributed by atoms with Crippen LogP contribution in [-0.2, 0) is 26.2 Å². The van der Waals surface area contributed by atoms with Crippen LogP contribution in [0, 0.1) is 6.92 Å². The first kappa shape index (κ1) is 28.5. The third-order valence-electron chi connectivity index (χ3n) is 6.85. The summed E-state index contributed by atoms with van der Waals surface area (Å²) in [6, 6.07) is 14.3. The van der Waals surface area contributed by atoms with Gasteiger partial charge in [-0.15, -0.1) is 0 Å². The van der Waals surface area contributed by atoms with E-state index in [1.165, 1.54) is 11.4 Å².